The molecule has 0 fully saturated rings. The van der Waals surface area contributed by atoms with E-state index in [1.54, 1.807) is 0 Å². The van der Waals surface area contributed by atoms with Crippen LogP contribution < -0.4 is 10.4 Å². The molecular formula is C28H34FN3O5. The van der Waals surface area contributed by atoms with Gasteiger partial charge in [-0.3, -0.25) is 14.5 Å². The summed E-state index contributed by atoms with van der Waals surface area (Å²) >= 11 is 0. The van der Waals surface area contributed by atoms with Crippen molar-refractivity contribution >= 4 is 23.9 Å². The SMILES string of the molecule is C/C=C\CC(O)C1=CC(C2C=C(N=C(CCCCC(=O)O)N(C=O)c3ccc(F)cc3)C(C)=CC2)NO1. The highest BCUT2D eigenvalue weighted by molar-refractivity contribution is 6.10. The van der Waals surface area contributed by atoms with Gasteiger partial charge in [0, 0.05) is 24.4 Å². The van der Waals surface area contributed by atoms with Gasteiger partial charge >= 0.3 is 5.97 Å². The lowest BCUT2D eigenvalue weighted by Gasteiger charge is -2.24. The number of benzene rings is 1. The maximum atomic E-state index is 13.5. The summed E-state index contributed by atoms with van der Waals surface area (Å²) in [6, 6.07) is 5.39. The van der Waals surface area contributed by atoms with Gasteiger partial charge in [-0.15, -0.1) is 5.48 Å². The Kier molecular flexibility index (Phi) is 10.3. The molecular weight excluding hydrogens is 477 g/mol. The number of rotatable bonds is 12. The molecule has 1 aliphatic carbocycles. The summed E-state index contributed by atoms with van der Waals surface area (Å²) in [7, 11) is 0. The zero-order valence-corrected chi connectivity index (χ0v) is 21.1. The highest BCUT2D eigenvalue weighted by Gasteiger charge is 2.29. The van der Waals surface area contributed by atoms with Gasteiger partial charge in [-0.05, 0) is 75.4 Å². The molecule has 1 aliphatic heterocycles. The van der Waals surface area contributed by atoms with Gasteiger partial charge in [0.2, 0.25) is 6.41 Å². The first-order valence-electron chi connectivity index (χ1n) is 12.4. The normalized spacial score (nSPS) is 20.6. The molecule has 3 atom stereocenters. The van der Waals surface area contributed by atoms with E-state index >= 15 is 0 Å². The van der Waals surface area contributed by atoms with Crippen LogP contribution in [0.4, 0.5) is 10.1 Å². The van der Waals surface area contributed by atoms with E-state index in [1.165, 1.54) is 29.2 Å². The van der Waals surface area contributed by atoms with Crippen LogP contribution in [0, 0.1) is 11.7 Å². The zero-order chi connectivity index (χ0) is 26.8. The number of aliphatic hydroxyl groups excluding tert-OH is 1. The third-order valence-electron chi connectivity index (χ3n) is 6.29. The van der Waals surface area contributed by atoms with Crippen LogP contribution >= 0.6 is 0 Å². The minimum atomic E-state index is -0.879. The average molecular weight is 512 g/mol. The fraction of sp³-hybridized carbons (Fsp3) is 0.393. The third-order valence-corrected chi connectivity index (χ3v) is 6.29. The Morgan fingerprint density at radius 3 is 2.68 bits per heavy atom. The maximum absolute atomic E-state index is 13.5. The molecule has 1 amide bonds. The van der Waals surface area contributed by atoms with Crippen LogP contribution in [0.3, 0.4) is 0 Å². The summed E-state index contributed by atoms with van der Waals surface area (Å²) < 4.78 is 13.5. The van der Waals surface area contributed by atoms with Crippen LogP contribution in [-0.2, 0) is 14.4 Å². The minimum Gasteiger partial charge on any atom is -0.481 e. The number of aliphatic hydroxyl groups is 1. The number of carbonyl (C=O) groups excluding carboxylic acids is 1. The molecule has 0 bridgehead atoms. The maximum Gasteiger partial charge on any atom is 0.303 e. The van der Waals surface area contributed by atoms with Crippen LogP contribution in [0.25, 0.3) is 0 Å². The third kappa shape index (κ3) is 7.96. The number of anilines is 1. The highest BCUT2D eigenvalue weighted by atomic mass is 19.1. The topological polar surface area (TPSA) is 111 Å². The molecule has 0 saturated heterocycles. The number of nitrogens with one attached hydrogen (secondary N) is 1. The summed E-state index contributed by atoms with van der Waals surface area (Å²) in [6.07, 6.45) is 12.2. The summed E-state index contributed by atoms with van der Waals surface area (Å²) in [6.45, 7) is 3.83. The number of aliphatic imine (C=N–C) groups is 1. The lowest BCUT2D eigenvalue weighted by molar-refractivity contribution is -0.137. The van der Waals surface area contributed by atoms with Gasteiger partial charge in [0.1, 0.15) is 17.8 Å². The lowest BCUT2D eigenvalue weighted by Crippen LogP contribution is -2.31. The number of hydrogen-bond donors (Lipinski definition) is 3. The second-order valence-electron chi connectivity index (χ2n) is 9.05. The fourth-order valence-corrected chi connectivity index (χ4v) is 4.15. The predicted molar refractivity (Wildman–Crippen MR) is 140 cm³/mol. The van der Waals surface area contributed by atoms with Gasteiger partial charge in [-0.1, -0.05) is 24.3 Å². The van der Waals surface area contributed by atoms with Crippen molar-refractivity contribution in [3.8, 4) is 0 Å². The van der Waals surface area contributed by atoms with E-state index in [0.717, 1.165) is 12.0 Å². The van der Waals surface area contributed by atoms with E-state index in [1.807, 2.05) is 38.2 Å². The second-order valence-corrected chi connectivity index (χ2v) is 9.05. The minimum absolute atomic E-state index is 0.00219. The van der Waals surface area contributed by atoms with Gasteiger partial charge in [0.25, 0.3) is 0 Å². The molecule has 0 saturated carbocycles. The van der Waals surface area contributed by atoms with E-state index in [0.29, 0.717) is 55.1 Å². The molecule has 9 heteroatoms. The van der Waals surface area contributed by atoms with Crippen molar-refractivity contribution in [3.63, 3.8) is 0 Å². The van der Waals surface area contributed by atoms with Gasteiger partial charge < -0.3 is 15.1 Å². The number of allylic oxidation sites excluding steroid dienone is 3. The van der Waals surface area contributed by atoms with Gasteiger partial charge in [-0.25, -0.2) is 9.38 Å². The molecule has 0 radical (unpaired) electrons. The number of hydroxylamine groups is 1. The van der Waals surface area contributed by atoms with Crippen molar-refractivity contribution in [1.29, 1.82) is 0 Å². The van der Waals surface area contributed by atoms with E-state index in [9.17, 15) is 19.1 Å². The smallest absolute Gasteiger partial charge is 0.303 e. The van der Waals surface area contributed by atoms with Crippen molar-refractivity contribution in [3.05, 3.63) is 77.5 Å². The van der Waals surface area contributed by atoms with Gasteiger partial charge in [0.05, 0.1) is 11.7 Å². The highest BCUT2D eigenvalue weighted by Crippen LogP contribution is 2.30. The predicted octanol–water partition coefficient (Wildman–Crippen LogP) is 4.80. The summed E-state index contributed by atoms with van der Waals surface area (Å²) in [4.78, 5) is 34.8. The quantitative estimate of drug-likeness (QED) is 0.122. The zero-order valence-electron chi connectivity index (χ0n) is 21.1. The van der Waals surface area contributed by atoms with E-state index in [-0.39, 0.29) is 18.4 Å². The van der Waals surface area contributed by atoms with Crippen LogP contribution in [0.5, 0.6) is 0 Å². The first-order chi connectivity index (χ1) is 17.8. The monoisotopic (exact) mass is 511 g/mol. The van der Waals surface area contributed by atoms with E-state index < -0.39 is 17.9 Å². The molecule has 3 rings (SSSR count). The molecule has 8 nitrogen and oxygen atoms in total. The Morgan fingerprint density at radius 2 is 2.00 bits per heavy atom. The van der Waals surface area contributed by atoms with Crippen LogP contribution in [0.15, 0.2) is 76.7 Å². The molecule has 2 aliphatic rings. The molecule has 3 N–H and O–H groups in total. The molecule has 1 aromatic rings. The van der Waals surface area contributed by atoms with Crippen LogP contribution in [-0.4, -0.2) is 40.6 Å². The van der Waals surface area contributed by atoms with Crippen LogP contribution in [0.1, 0.15) is 52.4 Å². The van der Waals surface area contributed by atoms with Gasteiger partial charge in [0.15, 0.2) is 5.76 Å². The standard InChI is InChI=1S/C28H34FN3O5/c1-3-4-7-25(34)26-17-24(31-37-26)20-11-10-19(2)23(16-20)30-27(8-5-6-9-28(35)36)32(18-33)22-14-12-21(29)13-15-22/h3-4,10,12-18,20,24-25,31,34H,5-9,11H2,1-2H3,(H,35,36)/b4-3-,30-27?. The van der Waals surface area contributed by atoms with E-state index in [4.69, 9.17) is 14.9 Å². The number of carbonyl (C=O) groups is 2. The largest absolute Gasteiger partial charge is 0.481 e. The molecule has 1 aromatic carbocycles. The Bertz CT molecular complexity index is 1110. The lowest BCUT2D eigenvalue weighted by atomic mass is 9.89. The Morgan fingerprint density at radius 1 is 1.27 bits per heavy atom. The number of nitrogens with zero attached hydrogens (tertiary/aromatic N) is 2. The second kappa shape index (κ2) is 13.7. The molecule has 0 aromatic heterocycles. The molecule has 37 heavy (non-hydrogen) atoms. The molecule has 1 heterocycles. The number of amides is 1. The number of amidine groups is 1. The number of aliphatic carboxylic acids is 1. The first-order valence-corrected chi connectivity index (χ1v) is 12.4. The number of hydrogen-bond acceptors (Lipinski definition) is 6. The van der Waals surface area contributed by atoms with E-state index in [2.05, 4.69) is 11.6 Å². The summed E-state index contributed by atoms with van der Waals surface area (Å²) in [5.74, 6) is -0.371. The molecule has 0 spiro atoms. The number of halogens is 1. The Balaban J connectivity index is 1.87. The fourth-order valence-electron chi connectivity index (χ4n) is 4.15. The Hall–Kier alpha value is -3.56. The first kappa shape index (κ1) is 28.0. The molecule has 3 unspecified atom stereocenters. The number of unbranched alkanes of at least 4 members (excludes halogenated alkanes) is 1. The molecule has 198 valence electrons. The van der Waals surface area contributed by atoms with Gasteiger partial charge in [-0.2, -0.15) is 0 Å². The Labute approximate surface area is 216 Å². The van der Waals surface area contributed by atoms with Crippen LogP contribution in [0.2, 0.25) is 0 Å². The number of carboxylic acid groups (broad SMARTS) is 1. The van der Waals surface area contributed by atoms with Crippen molar-refractivity contribution in [2.45, 2.75) is 64.5 Å². The average Bonchev–Trinajstić information content (AvgIpc) is 3.38. The number of carboxylic acids is 1. The van der Waals surface area contributed by atoms with Crippen molar-refractivity contribution < 1.29 is 29.0 Å². The summed E-state index contributed by atoms with van der Waals surface area (Å²) in [5, 5.41) is 19.3. The summed E-state index contributed by atoms with van der Waals surface area (Å²) in [5.41, 5.74) is 5.09. The van der Waals surface area contributed by atoms with Crippen molar-refractivity contribution in [2.75, 3.05) is 4.90 Å². The van der Waals surface area contributed by atoms with Crippen molar-refractivity contribution in [2.24, 2.45) is 10.9 Å². The van der Waals surface area contributed by atoms with Crippen molar-refractivity contribution in [1.82, 2.24) is 5.48 Å².